The van der Waals surface area contributed by atoms with Crippen LogP contribution in [0.4, 0.5) is 9.18 Å². The van der Waals surface area contributed by atoms with E-state index in [-0.39, 0.29) is 42.9 Å². The van der Waals surface area contributed by atoms with Gasteiger partial charge in [-0.2, -0.15) is 0 Å². The van der Waals surface area contributed by atoms with E-state index < -0.39 is 36.3 Å². The second-order valence-corrected chi connectivity index (χ2v) is 15.1. The Hall–Kier alpha value is -3.28. The number of alkyl halides is 1. The van der Waals surface area contributed by atoms with Crippen molar-refractivity contribution in [2.45, 2.75) is 70.2 Å². The number of amides is 3. The first-order valence-electron chi connectivity index (χ1n) is 15.8. The molecule has 2 saturated heterocycles. The summed E-state index contributed by atoms with van der Waals surface area (Å²) in [6, 6.07) is 13.5. The molecule has 13 heteroatoms. The SMILES string of the molecule is CC(C)C1=C(C(=O)N2[C@H](C)CC[C@H]2C(=O)N2C[C@@H](CF)[C@@H](NC(=O)O)C2)SC2=N[C@@](C)(c3ccc(Cl)cc3)[C@@H](c3ccc(Cl)cc3)N21. The molecule has 4 heterocycles. The van der Waals surface area contributed by atoms with Gasteiger partial charge in [-0.05, 0) is 79.8 Å². The summed E-state index contributed by atoms with van der Waals surface area (Å²) in [5, 5.41) is 13.5. The second-order valence-electron chi connectivity index (χ2n) is 13.2. The number of carbonyl (C=O) groups is 3. The molecule has 47 heavy (non-hydrogen) atoms. The van der Waals surface area contributed by atoms with E-state index >= 15 is 0 Å². The molecule has 4 aliphatic heterocycles. The molecule has 0 saturated carbocycles. The van der Waals surface area contributed by atoms with Gasteiger partial charge in [0.05, 0.1) is 18.8 Å². The highest BCUT2D eigenvalue weighted by molar-refractivity contribution is 8.18. The van der Waals surface area contributed by atoms with E-state index in [1.54, 1.807) is 4.90 Å². The smallest absolute Gasteiger partial charge is 0.404 e. The summed E-state index contributed by atoms with van der Waals surface area (Å²) in [6.45, 7) is 7.55. The van der Waals surface area contributed by atoms with Gasteiger partial charge in [0.1, 0.15) is 16.5 Å². The number of nitrogens with zero attached hydrogens (tertiary/aromatic N) is 4. The van der Waals surface area contributed by atoms with Crippen LogP contribution in [0.2, 0.25) is 10.0 Å². The Morgan fingerprint density at radius 1 is 1.06 bits per heavy atom. The van der Waals surface area contributed by atoms with Gasteiger partial charge in [0.15, 0.2) is 5.17 Å². The van der Waals surface area contributed by atoms with Crippen molar-refractivity contribution in [3.8, 4) is 0 Å². The van der Waals surface area contributed by atoms with Crippen LogP contribution in [0.25, 0.3) is 0 Å². The number of aliphatic imine (C=N–C) groups is 1. The fourth-order valence-electron chi connectivity index (χ4n) is 7.49. The Kier molecular flexibility index (Phi) is 9.28. The summed E-state index contributed by atoms with van der Waals surface area (Å²) < 4.78 is 13.8. The zero-order valence-electron chi connectivity index (χ0n) is 26.6. The Labute approximate surface area is 288 Å². The minimum atomic E-state index is -1.26. The van der Waals surface area contributed by atoms with Crippen LogP contribution in [-0.4, -0.2) is 80.8 Å². The first kappa shape index (κ1) is 33.6. The molecule has 2 aromatic carbocycles. The number of allylic oxidation sites excluding steroid dienone is 1. The fraction of sp³-hybridized carbons (Fsp3) is 0.471. The predicted octanol–water partition coefficient (Wildman–Crippen LogP) is 6.68. The van der Waals surface area contributed by atoms with Crippen molar-refractivity contribution in [1.82, 2.24) is 20.0 Å². The topological polar surface area (TPSA) is 106 Å². The number of halogens is 3. The van der Waals surface area contributed by atoms with Crippen LogP contribution < -0.4 is 5.32 Å². The van der Waals surface area contributed by atoms with Crippen molar-refractivity contribution >= 4 is 58.0 Å². The number of thioether (sulfide) groups is 1. The molecule has 2 N–H and O–H groups in total. The monoisotopic (exact) mass is 701 g/mol. The maximum atomic E-state index is 14.6. The number of carbonyl (C=O) groups excluding carboxylic acids is 2. The van der Waals surface area contributed by atoms with E-state index in [1.807, 2.05) is 55.5 Å². The molecule has 6 atom stereocenters. The van der Waals surface area contributed by atoms with Gasteiger partial charge in [-0.25, -0.2) is 9.79 Å². The van der Waals surface area contributed by atoms with Crippen LogP contribution in [0.5, 0.6) is 0 Å². The number of benzene rings is 2. The molecule has 6 rings (SSSR count). The molecule has 2 fully saturated rings. The highest BCUT2D eigenvalue weighted by Crippen LogP contribution is 2.56. The first-order chi connectivity index (χ1) is 22.3. The van der Waals surface area contributed by atoms with Crippen molar-refractivity contribution in [3.63, 3.8) is 0 Å². The van der Waals surface area contributed by atoms with E-state index in [0.29, 0.717) is 33.0 Å². The molecule has 0 bridgehead atoms. The molecule has 2 aromatic rings. The van der Waals surface area contributed by atoms with Gasteiger partial charge in [-0.1, -0.05) is 61.3 Å². The molecule has 250 valence electrons. The second kappa shape index (κ2) is 13.0. The van der Waals surface area contributed by atoms with Gasteiger partial charge < -0.3 is 25.1 Å². The molecular formula is C34H38Cl2FN5O4S. The molecule has 9 nitrogen and oxygen atoms in total. The summed E-state index contributed by atoms with van der Waals surface area (Å²) in [7, 11) is 0. The van der Waals surface area contributed by atoms with E-state index in [2.05, 4.69) is 31.0 Å². The third kappa shape index (κ3) is 5.99. The predicted molar refractivity (Wildman–Crippen MR) is 182 cm³/mol. The number of amidine groups is 1. The van der Waals surface area contributed by atoms with Crippen LogP contribution in [-0.2, 0) is 15.1 Å². The van der Waals surface area contributed by atoms with Gasteiger partial charge >= 0.3 is 6.09 Å². The number of fused-ring (bicyclic) bond motifs is 1. The minimum absolute atomic E-state index is 0.0599. The van der Waals surface area contributed by atoms with Gasteiger partial charge in [0.25, 0.3) is 5.91 Å². The zero-order valence-corrected chi connectivity index (χ0v) is 28.9. The van der Waals surface area contributed by atoms with Crippen molar-refractivity contribution in [2.24, 2.45) is 16.8 Å². The summed E-state index contributed by atoms with van der Waals surface area (Å²) in [5.41, 5.74) is 2.10. The third-order valence-electron chi connectivity index (χ3n) is 9.81. The summed E-state index contributed by atoms with van der Waals surface area (Å²) in [5.74, 6) is -1.21. The Morgan fingerprint density at radius 2 is 1.70 bits per heavy atom. The van der Waals surface area contributed by atoms with Crippen LogP contribution in [0, 0.1) is 11.8 Å². The normalized spacial score (nSPS) is 28.7. The molecule has 0 aromatic heterocycles. The average molecular weight is 703 g/mol. The summed E-state index contributed by atoms with van der Waals surface area (Å²) in [6.07, 6.45) is -0.143. The number of carboxylic acid groups (broad SMARTS) is 1. The van der Waals surface area contributed by atoms with Crippen LogP contribution in [0.1, 0.15) is 57.7 Å². The van der Waals surface area contributed by atoms with E-state index in [4.69, 9.17) is 28.2 Å². The molecule has 0 aliphatic carbocycles. The van der Waals surface area contributed by atoms with Crippen molar-refractivity contribution in [2.75, 3.05) is 19.8 Å². The quantitative estimate of drug-likeness (QED) is 0.334. The lowest BCUT2D eigenvalue weighted by molar-refractivity contribution is -0.142. The maximum Gasteiger partial charge on any atom is 0.404 e. The zero-order chi connectivity index (χ0) is 33.8. The van der Waals surface area contributed by atoms with E-state index in [1.165, 1.54) is 16.7 Å². The fourth-order valence-corrected chi connectivity index (χ4v) is 9.09. The average Bonchev–Trinajstić information content (AvgIpc) is 3.77. The Balaban J connectivity index is 1.35. The number of rotatable bonds is 7. The van der Waals surface area contributed by atoms with E-state index in [9.17, 15) is 23.9 Å². The lowest BCUT2D eigenvalue weighted by atomic mass is 9.81. The van der Waals surface area contributed by atoms with Gasteiger partial charge in [-0.15, -0.1) is 0 Å². The molecular weight excluding hydrogens is 664 g/mol. The van der Waals surface area contributed by atoms with Crippen LogP contribution in [0.15, 0.2) is 64.1 Å². The largest absolute Gasteiger partial charge is 0.465 e. The number of likely N-dealkylation sites (tertiary alicyclic amines) is 2. The van der Waals surface area contributed by atoms with Gasteiger partial charge in [0, 0.05) is 40.8 Å². The molecule has 3 amide bonds. The summed E-state index contributed by atoms with van der Waals surface area (Å²) in [4.78, 5) is 51.0. The molecule has 0 unspecified atom stereocenters. The highest BCUT2D eigenvalue weighted by Gasteiger charge is 2.54. The van der Waals surface area contributed by atoms with Crippen LogP contribution in [0.3, 0.4) is 0 Å². The standard InChI is InChI=1S/C34H38Cl2FN5O4S/c1-18(2)27-28(31(44)41-19(3)5-14-26(41)30(43)40-16-21(15-37)25(17-40)38-33(45)46)47-32-39-34(4,22-8-12-24(36)13-9-22)29(42(27)32)20-6-10-23(35)11-7-20/h6-13,18-19,21,25-26,29,38H,5,14-17H2,1-4H3,(H,45,46)/t19-,21-,25+,26+,29-,34+/m1/s1. The highest BCUT2D eigenvalue weighted by atomic mass is 35.5. The molecule has 4 aliphatic rings. The lowest BCUT2D eigenvalue weighted by Gasteiger charge is -2.37. The maximum absolute atomic E-state index is 14.6. The minimum Gasteiger partial charge on any atom is -0.465 e. The van der Waals surface area contributed by atoms with Crippen molar-refractivity contribution < 1.29 is 23.9 Å². The van der Waals surface area contributed by atoms with E-state index in [0.717, 1.165) is 16.8 Å². The molecule has 0 spiro atoms. The summed E-state index contributed by atoms with van der Waals surface area (Å²) >= 11 is 13.9. The van der Waals surface area contributed by atoms with Crippen molar-refractivity contribution in [1.29, 1.82) is 0 Å². The van der Waals surface area contributed by atoms with Gasteiger partial charge in [-0.3, -0.25) is 14.0 Å². The number of hydrogen-bond acceptors (Lipinski definition) is 6. The number of nitrogens with one attached hydrogen (secondary N) is 1. The van der Waals surface area contributed by atoms with Crippen molar-refractivity contribution in [3.05, 3.63) is 80.3 Å². The third-order valence-corrected chi connectivity index (χ3v) is 11.4. The van der Waals surface area contributed by atoms with Crippen LogP contribution >= 0.6 is 35.0 Å². The molecule has 0 radical (unpaired) electrons. The first-order valence-corrected chi connectivity index (χ1v) is 17.4. The Morgan fingerprint density at radius 3 is 2.30 bits per heavy atom. The number of hydrogen-bond donors (Lipinski definition) is 2. The Bertz CT molecular complexity index is 1640. The van der Waals surface area contributed by atoms with Gasteiger partial charge in [0.2, 0.25) is 5.91 Å². The lowest BCUT2D eigenvalue weighted by Crippen LogP contribution is -2.50.